The number of pyridine rings is 1. The predicted octanol–water partition coefficient (Wildman–Crippen LogP) is 2.31. The summed E-state index contributed by atoms with van der Waals surface area (Å²) in [5, 5.41) is 9.68. The van der Waals surface area contributed by atoms with Crippen molar-refractivity contribution >= 4 is 11.5 Å². The van der Waals surface area contributed by atoms with Crippen LogP contribution in [0.4, 0.5) is 5.82 Å². The first-order valence-electron chi connectivity index (χ1n) is 7.00. The Bertz CT molecular complexity index is 568. The van der Waals surface area contributed by atoms with Gasteiger partial charge in [-0.3, -0.25) is 4.40 Å². The van der Waals surface area contributed by atoms with Crippen LogP contribution in [0.2, 0.25) is 0 Å². The van der Waals surface area contributed by atoms with E-state index in [4.69, 9.17) is 4.98 Å². The van der Waals surface area contributed by atoms with Crippen LogP contribution in [0.25, 0.3) is 5.65 Å². The molecule has 4 nitrogen and oxygen atoms in total. The third-order valence-corrected chi connectivity index (χ3v) is 3.93. The number of fused-ring (bicyclic) bond motifs is 1. The second-order valence-electron chi connectivity index (χ2n) is 5.82. The molecule has 0 amide bonds. The van der Waals surface area contributed by atoms with Gasteiger partial charge in [0.25, 0.3) is 0 Å². The number of aromatic nitrogens is 2. The molecule has 0 aliphatic carbocycles. The van der Waals surface area contributed by atoms with E-state index in [0.29, 0.717) is 11.8 Å². The molecule has 2 atom stereocenters. The highest BCUT2D eigenvalue weighted by Gasteiger charge is 2.26. The van der Waals surface area contributed by atoms with Gasteiger partial charge in [-0.2, -0.15) is 0 Å². The Balaban J connectivity index is 2.04. The molecule has 0 radical (unpaired) electrons. The first-order valence-corrected chi connectivity index (χ1v) is 7.00. The summed E-state index contributed by atoms with van der Waals surface area (Å²) in [7, 11) is 0. The van der Waals surface area contributed by atoms with Gasteiger partial charge in [-0.15, -0.1) is 0 Å². The standard InChI is InChI=1S/C15H21N3O/c1-11-7-12(2)9-17(8-11)15-13(10-19)18-6-4-3-5-14(18)16-15/h3-6,11-12,19H,7-10H2,1-2H3. The zero-order valence-corrected chi connectivity index (χ0v) is 11.6. The van der Waals surface area contributed by atoms with Gasteiger partial charge < -0.3 is 10.0 Å². The summed E-state index contributed by atoms with van der Waals surface area (Å²) in [6.45, 7) is 6.66. The molecule has 1 saturated heterocycles. The molecule has 1 fully saturated rings. The van der Waals surface area contributed by atoms with Crippen LogP contribution in [-0.4, -0.2) is 27.6 Å². The van der Waals surface area contributed by atoms with Crippen molar-refractivity contribution in [2.45, 2.75) is 26.9 Å². The summed E-state index contributed by atoms with van der Waals surface area (Å²) in [6, 6.07) is 5.94. The fourth-order valence-corrected chi connectivity index (χ4v) is 3.27. The molecular formula is C15H21N3O. The minimum atomic E-state index is 0.0276. The van der Waals surface area contributed by atoms with E-state index in [1.807, 2.05) is 28.8 Å². The molecular weight excluding hydrogens is 238 g/mol. The Hall–Kier alpha value is -1.55. The molecule has 1 N–H and O–H groups in total. The molecule has 1 aliphatic heterocycles. The van der Waals surface area contributed by atoms with Crippen molar-refractivity contribution in [1.82, 2.24) is 9.38 Å². The number of nitrogens with zero attached hydrogens (tertiary/aromatic N) is 3. The highest BCUT2D eigenvalue weighted by Crippen LogP contribution is 2.28. The van der Waals surface area contributed by atoms with Crippen molar-refractivity contribution in [3.05, 3.63) is 30.1 Å². The molecule has 1 aliphatic rings. The van der Waals surface area contributed by atoms with Crippen molar-refractivity contribution in [2.24, 2.45) is 11.8 Å². The van der Waals surface area contributed by atoms with Crippen molar-refractivity contribution in [3.8, 4) is 0 Å². The smallest absolute Gasteiger partial charge is 0.153 e. The second-order valence-corrected chi connectivity index (χ2v) is 5.82. The number of imidazole rings is 1. The summed E-state index contributed by atoms with van der Waals surface area (Å²) < 4.78 is 1.99. The zero-order valence-electron chi connectivity index (χ0n) is 11.6. The van der Waals surface area contributed by atoms with Crippen LogP contribution < -0.4 is 4.90 Å². The number of rotatable bonds is 2. The maximum atomic E-state index is 9.68. The summed E-state index contributed by atoms with van der Waals surface area (Å²) in [5.74, 6) is 2.31. The lowest BCUT2D eigenvalue weighted by atomic mass is 9.92. The first kappa shape index (κ1) is 12.5. The topological polar surface area (TPSA) is 40.8 Å². The van der Waals surface area contributed by atoms with Gasteiger partial charge in [0.05, 0.1) is 12.3 Å². The quantitative estimate of drug-likeness (QED) is 0.899. The van der Waals surface area contributed by atoms with E-state index in [9.17, 15) is 5.11 Å². The van der Waals surface area contributed by atoms with E-state index >= 15 is 0 Å². The van der Waals surface area contributed by atoms with Gasteiger partial charge in [0, 0.05) is 19.3 Å². The molecule has 3 rings (SSSR count). The van der Waals surface area contributed by atoms with E-state index in [1.165, 1.54) is 6.42 Å². The lowest BCUT2D eigenvalue weighted by Crippen LogP contribution is -2.39. The molecule has 0 aromatic carbocycles. The number of aliphatic hydroxyl groups excluding tert-OH is 1. The Kier molecular flexibility index (Phi) is 3.19. The van der Waals surface area contributed by atoms with Gasteiger partial charge in [0.15, 0.2) is 5.82 Å². The van der Waals surface area contributed by atoms with Crippen LogP contribution in [-0.2, 0) is 6.61 Å². The number of piperidine rings is 1. The highest BCUT2D eigenvalue weighted by atomic mass is 16.3. The molecule has 0 bridgehead atoms. The van der Waals surface area contributed by atoms with Crippen LogP contribution in [0.3, 0.4) is 0 Å². The van der Waals surface area contributed by atoms with Crippen LogP contribution in [0.5, 0.6) is 0 Å². The van der Waals surface area contributed by atoms with E-state index in [2.05, 4.69) is 18.7 Å². The largest absolute Gasteiger partial charge is 0.390 e. The normalized spacial score (nSPS) is 24.1. The molecule has 2 aromatic rings. The molecule has 2 aromatic heterocycles. The van der Waals surface area contributed by atoms with E-state index in [1.54, 1.807) is 0 Å². The summed E-state index contributed by atoms with van der Waals surface area (Å²) in [4.78, 5) is 7.04. The Morgan fingerprint density at radius 3 is 2.68 bits per heavy atom. The van der Waals surface area contributed by atoms with Gasteiger partial charge in [-0.25, -0.2) is 4.98 Å². The number of hydrogen-bond acceptors (Lipinski definition) is 3. The van der Waals surface area contributed by atoms with Crippen LogP contribution in [0.15, 0.2) is 24.4 Å². The van der Waals surface area contributed by atoms with Gasteiger partial charge >= 0.3 is 0 Å². The predicted molar refractivity (Wildman–Crippen MR) is 76.3 cm³/mol. The van der Waals surface area contributed by atoms with E-state index in [0.717, 1.165) is 30.2 Å². The van der Waals surface area contributed by atoms with Gasteiger partial charge in [-0.05, 0) is 30.4 Å². The van der Waals surface area contributed by atoms with E-state index in [-0.39, 0.29) is 6.61 Å². The van der Waals surface area contributed by atoms with Crippen LogP contribution >= 0.6 is 0 Å². The third kappa shape index (κ3) is 2.21. The number of aliphatic hydroxyl groups is 1. The van der Waals surface area contributed by atoms with Crippen molar-refractivity contribution < 1.29 is 5.11 Å². The molecule has 3 heterocycles. The second kappa shape index (κ2) is 4.85. The number of hydrogen-bond donors (Lipinski definition) is 1. The fourth-order valence-electron chi connectivity index (χ4n) is 3.27. The third-order valence-electron chi connectivity index (χ3n) is 3.93. The minimum Gasteiger partial charge on any atom is -0.390 e. The van der Waals surface area contributed by atoms with Crippen molar-refractivity contribution in [2.75, 3.05) is 18.0 Å². The van der Waals surface area contributed by atoms with Crippen LogP contribution in [0.1, 0.15) is 26.0 Å². The lowest BCUT2D eigenvalue weighted by molar-refractivity contribution is 0.274. The SMILES string of the molecule is CC1CC(C)CN(c2nc3ccccn3c2CO)C1. The highest BCUT2D eigenvalue weighted by molar-refractivity contribution is 5.56. The van der Waals surface area contributed by atoms with E-state index < -0.39 is 0 Å². The van der Waals surface area contributed by atoms with Crippen molar-refractivity contribution in [3.63, 3.8) is 0 Å². The molecule has 2 unspecified atom stereocenters. The van der Waals surface area contributed by atoms with Gasteiger partial charge in [0.2, 0.25) is 0 Å². The Morgan fingerprint density at radius 1 is 1.26 bits per heavy atom. The average Bonchev–Trinajstić information content (AvgIpc) is 2.76. The fraction of sp³-hybridized carbons (Fsp3) is 0.533. The molecule has 0 saturated carbocycles. The minimum absolute atomic E-state index is 0.0276. The summed E-state index contributed by atoms with van der Waals surface area (Å²) in [6.07, 6.45) is 3.24. The zero-order chi connectivity index (χ0) is 13.4. The monoisotopic (exact) mass is 259 g/mol. The maximum Gasteiger partial charge on any atom is 0.153 e. The Labute approximate surface area is 113 Å². The molecule has 19 heavy (non-hydrogen) atoms. The van der Waals surface area contributed by atoms with Gasteiger partial charge in [-0.1, -0.05) is 19.9 Å². The van der Waals surface area contributed by atoms with Crippen LogP contribution in [0, 0.1) is 11.8 Å². The van der Waals surface area contributed by atoms with Crippen molar-refractivity contribution in [1.29, 1.82) is 0 Å². The molecule has 0 spiro atoms. The maximum absolute atomic E-state index is 9.68. The first-order chi connectivity index (χ1) is 9.19. The molecule has 4 heteroatoms. The van der Waals surface area contributed by atoms with Gasteiger partial charge in [0.1, 0.15) is 5.65 Å². The lowest BCUT2D eigenvalue weighted by Gasteiger charge is -2.35. The molecule has 102 valence electrons. The number of anilines is 1. The Morgan fingerprint density at radius 2 is 2.00 bits per heavy atom. The summed E-state index contributed by atoms with van der Waals surface area (Å²) in [5.41, 5.74) is 1.81. The summed E-state index contributed by atoms with van der Waals surface area (Å²) >= 11 is 0. The average molecular weight is 259 g/mol.